The average Bonchev–Trinajstić information content (AvgIpc) is 3.28. The second-order valence-corrected chi connectivity index (χ2v) is 7.17. The Morgan fingerprint density at radius 3 is 2.67 bits per heavy atom. The first kappa shape index (κ1) is 19.0. The molecule has 1 amide bonds. The van der Waals surface area contributed by atoms with Gasteiger partial charge in [-0.2, -0.15) is 0 Å². The molecule has 1 atom stereocenters. The predicted octanol–water partition coefficient (Wildman–Crippen LogP) is 2.42. The van der Waals surface area contributed by atoms with E-state index in [1.54, 1.807) is 11.8 Å². The molecule has 2 fully saturated rings. The molecule has 1 aromatic carbocycles. The van der Waals surface area contributed by atoms with Crippen molar-refractivity contribution in [3.63, 3.8) is 0 Å². The number of Topliss-reactive ketones (excluding diaryl/α,β-unsaturated/α-hetero) is 1. The zero-order valence-corrected chi connectivity index (χ0v) is 15.2. The SMILES string of the molecule is Cc1ccc(C(=O)COC(=O)[C@@H]2CC(=O)N(C3CCCC3)C2)cc1[N+](=O)[O-]. The van der Waals surface area contributed by atoms with Gasteiger partial charge in [-0.25, -0.2) is 0 Å². The van der Waals surface area contributed by atoms with E-state index in [0.29, 0.717) is 12.1 Å². The Kier molecular flexibility index (Phi) is 5.53. The van der Waals surface area contributed by atoms with Crippen molar-refractivity contribution in [1.82, 2.24) is 4.90 Å². The van der Waals surface area contributed by atoms with Crippen LogP contribution in [0.4, 0.5) is 5.69 Å². The molecule has 1 heterocycles. The van der Waals surface area contributed by atoms with E-state index in [0.717, 1.165) is 25.7 Å². The van der Waals surface area contributed by atoms with Gasteiger partial charge in [-0.15, -0.1) is 0 Å². The second kappa shape index (κ2) is 7.85. The highest BCUT2D eigenvalue weighted by atomic mass is 16.6. The van der Waals surface area contributed by atoms with Crippen molar-refractivity contribution in [3.8, 4) is 0 Å². The second-order valence-electron chi connectivity index (χ2n) is 7.17. The van der Waals surface area contributed by atoms with E-state index in [2.05, 4.69) is 0 Å². The predicted molar refractivity (Wildman–Crippen MR) is 95.2 cm³/mol. The maximum absolute atomic E-state index is 12.3. The number of hydrogen-bond acceptors (Lipinski definition) is 6. The number of hydrogen-bond donors (Lipinski definition) is 0. The lowest BCUT2D eigenvalue weighted by atomic mass is 10.1. The lowest BCUT2D eigenvalue weighted by molar-refractivity contribution is -0.385. The van der Waals surface area contributed by atoms with Gasteiger partial charge in [0.15, 0.2) is 6.61 Å². The van der Waals surface area contributed by atoms with Crippen LogP contribution in [0.3, 0.4) is 0 Å². The van der Waals surface area contributed by atoms with Gasteiger partial charge in [0.25, 0.3) is 5.69 Å². The van der Waals surface area contributed by atoms with E-state index in [4.69, 9.17) is 4.74 Å². The Morgan fingerprint density at radius 1 is 1.30 bits per heavy atom. The first-order valence-electron chi connectivity index (χ1n) is 9.11. The molecule has 0 aromatic heterocycles. The monoisotopic (exact) mass is 374 g/mol. The highest BCUT2D eigenvalue weighted by Crippen LogP contribution is 2.30. The summed E-state index contributed by atoms with van der Waals surface area (Å²) in [6.07, 6.45) is 4.25. The number of nitro benzene ring substituents is 1. The van der Waals surface area contributed by atoms with Crippen LogP contribution in [0.15, 0.2) is 18.2 Å². The molecule has 2 aliphatic rings. The Bertz CT molecular complexity index is 784. The normalized spacial score (nSPS) is 20.1. The van der Waals surface area contributed by atoms with Gasteiger partial charge in [0, 0.05) is 36.2 Å². The molecule has 8 nitrogen and oxygen atoms in total. The fourth-order valence-electron chi connectivity index (χ4n) is 3.78. The Labute approximate surface area is 156 Å². The molecular formula is C19H22N2O6. The van der Waals surface area contributed by atoms with E-state index >= 15 is 0 Å². The van der Waals surface area contributed by atoms with Crippen molar-refractivity contribution in [1.29, 1.82) is 0 Å². The van der Waals surface area contributed by atoms with Crippen LogP contribution in [0.5, 0.6) is 0 Å². The highest BCUT2D eigenvalue weighted by molar-refractivity contribution is 5.99. The third-order valence-corrected chi connectivity index (χ3v) is 5.33. The minimum Gasteiger partial charge on any atom is -0.457 e. The molecule has 1 saturated heterocycles. The van der Waals surface area contributed by atoms with Gasteiger partial charge in [-0.05, 0) is 19.8 Å². The van der Waals surface area contributed by atoms with Crippen molar-refractivity contribution >= 4 is 23.3 Å². The molecule has 1 aliphatic heterocycles. The topological polar surface area (TPSA) is 107 Å². The van der Waals surface area contributed by atoms with Gasteiger partial charge < -0.3 is 9.64 Å². The maximum Gasteiger partial charge on any atom is 0.311 e. The summed E-state index contributed by atoms with van der Waals surface area (Å²) in [5.41, 5.74) is 0.418. The summed E-state index contributed by atoms with van der Waals surface area (Å²) in [5, 5.41) is 11.0. The maximum atomic E-state index is 12.3. The molecule has 3 rings (SSSR count). The number of likely N-dealkylation sites (tertiary alicyclic amines) is 1. The van der Waals surface area contributed by atoms with Crippen molar-refractivity contribution in [2.45, 2.75) is 45.1 Å². The molecule has 27 heavy (non-hydrogen) atoms. The fraction of sp³-hybridized carbons (Fsp3) is 0.526. The summed E-state index contributed by atoms with van der Waals surface area (Å²) in [7, 11) is 0. The number of carbonyl (C=O) groups excluding carboxylic acids is 3. The number of amides is 1. The van der Waals surface area contributed by atoms with Gasteiger partial charge in [0.2, 0.25) is 11.7 Å². The largest absolute Gasteiger partial charge is 0.457 e. The van der Waals surface area contributed by atoms with Crippen molar-refractivity contribution in [3.05, 3.63) is 39.4 Å². The van der Waals surface area contributed by atoms with Crippen molar-refractivity contribution in [2.24, 2.45) is 5.92 Å². The average molecular weight is 374 g/mol. The van der Waals surface area contributed by atoms with Gasteiger partial charge in [0.05, 0.1) is 10.8 Å². The van der Waals surface area contributed by atoms with E-state index in [1.165, 1.54) is 18.2 Å². The van der Waals surface area contributed by atoms with Gasteiger partial charge in [0.1, 0.15) is 0 Å². The number of nitrogens with zero attached hydrogens (tertiary/aromatic N) is 2. The number of ketones is 1. The van der Waals surface area contributed by atoms with Crippen LogP contribution in [-0.4, -0.2) is 46.7 Å². The number of benzene rings is 1. The quantitative estimate of drug-likeness (QED) is 0.328. The zero-order valence-electron chi connectivity index (χ0n) is 15.2. The molecule has 0 radical (unpaired) electrons. The Morgan fingerprint density at radius 2 is 2.00 bits per heavy atom. The van der Waals surface area contributed by atoms with Crippen LogP contribution in [0.2, 0.25) is 0 Å². The number of rotatable bonds is 6. The molecule has 1 aromatic rings. The summed E-state index contributed by atoms with van der Waals surface area (Å²) in [6.45, 7) is 1.43. The van der Waals surface area contributed by atoms with Gasteiger partial charge in [-0.1, -0.05) is 25.0 Å². The molecule has 0 bridgehead atoms. The van der Waals surface area contributed by atoms with Crippen molar-refractivity contribution in [2.75, 3.05) is 13.2 Å². The van der Waals surface area contributed by atoms with Crippen LogP contribution in [0.25, 0.3) is 0 Å². The summed E-state index contributed by atoms with van der Waals surface area (Å²) in [4.78, 5) is 48.8. The van der Waals surface area contributed by atoms with E-state index < -0.39 is 29.2 Å². The van der Waals surface area contributed by atoms with Crippen LogP contribution in [-0.2, 0) is 14.3 Å². The lowest BCUT2D eigenvalue weighted by Gasteiger charge is -2.23. The van der Waals surface area contributed by atoms with Crippen LogP contribution < -0.4 is 0 Å². The Balaban J connectivity index is 1.56. The molecule has 0 N–H and O–H groups in total. The van der Waals surface area contributed by atoms with Crippen molar-refractivity contribution < 1.29 is 24.0 Å². The van der Waals surface area contributed by atoms with Crippen LogP contribution in [0.1, 0.15) is 48.0 Å². The third-order valence-electron chi connectivity index (χ3n) is 5.33. The van der Waals surface area contributed by atoms with Crippen LogP contribution in [0, 0.1) is 23.0 Å². The highest BCUT2D eigenvalue weighted by Gasteiger charge is 2.39. The minimum atomic E-state index is -0.571. The third kappa shape index (κ3) is 4.15. The summed E-state index contributed by atoms with van der Waals surface area (Å²) in [6, 6.07) is 4.36. The molecular weight excluding hydrogens is 352 g/mol. The van der Waals surface area contributed by atoms with E-state index in [-0.39, 0.29) is 29.6 Å². The fourth-order valence-corrected chi connectivity index (χ4v) is 3.78. The molecule has 1 saturated carbocycles. The first-order chi connectivity index (χ1) is 12.9. The molecule has 8 heteroatoms. The number of nitro groups is 1. The summed E-state index contributed by atoms with van der Waals surface area (Å²) >= 11 is 0. The minimum absolute atomic E-state index is 0.0377. The Hall–Kier alpha value is -2.77. The lowest BCUT2D eigenvalue weighted by Crippen LogP contribution is -2.35. The van der Waals surface area contributed by atoms with E-state index in [9.17, 15) is 24.5 Å². The van der Waals surface area contributed by atoms with Crippen LogP contribution >= 0.6 is 0 Å². The number of carbonyl (C=O) groups is 3. The molecule has 0 unspecified atom stereocenters. The van der Waals surface area contributed by atoms with Gasteiger partial charge >= 0.3 is 5.97 Å². The molecule has 0 spiro atoms. The number of ether oxygens (including phenoxy) is 1. The number of aryl methyl sites for hydroxylation is 1. The number of esters is 1. The molecule has 1 aliphatic carbocycles. The standard InChI is InChI=1S/C19H22N2O6/c1-12-6-7-13(8-16(12)21(25)26)17(22)11-27-19(24)14-9-18(23)20(10-14)15-4-2-3-5-15/h6-8,14-15H,2-5,9-11H2,1H3/t14-/m1/s1. The summed E-state index contributed by atoms with van der Waals surface area (Å²) < 4.78 is 5.09. The van der Waals surface area contributed by atoms with E-state index in [1.807, 2.05) is 0 Å². The van der Waals surface area contributed by atoms with Gasteiger partial charge in [-0.3, -0.25) is 24.5 Å². The zero-order chi connectivity index (χ0) is 19.6. The molecule has 144 valence electrons. The first-order valence-corrected chi connectivity index (χ1v) is 9.11. The smallest absolute Gasteiger partial charge is 0.311 e. The summed E-state index contributed by atoms with van der Waals surface area (Å²) in [5.74, 6) is -1.68.